The molecule has 0 spiro atoms. The van der Waals surface area contributed by atoms with Gasteiger partial charge in [-0.3, -0.25) is 14.2 Å². The Morgan fingerprint density at radius 3 is 2.70 bits per heavy atom. The smallest absolute Gasteiger partial charge is 0.261 e. The van der Waals surface area contributed by atoms with Crippen LogP contribution < -0.4 is 10.9 Å². The van der Waals surface area contributed by atoms with Crippen LogP contribution in [-0.4, -0.2) is 15.5 Å². The summed E-state index contributed by atoms with van der Waals surface area (Å²) in [5.74, 6) is 0.963. The molecule has 3 aromatic rings. The molecule has 4 rings (SSSR count). The van der Waals surface area contributed by atoms with Gasteiger partial charge in [-0.15, -0.1) is 0 Å². The van der Waals surface area contributed by atoms with Gasteiger partial charge in [0.15, 0.2) is 0 Å². The average molecular weight is 404 g/mol. The van der Waals surface area contributed by atoms with Gasteiger partial charge in [-0.2, -0.15) is 0 Å². The Bertz CT molecular complexity index is 1160. The number of fused-ring (bicyclic) bond motifs is 2. The van der Waals surface area contributed by atoms with Gasteiger partial charge < -0.3 is 5.32 Å². The van der Waals surface area contributed by atoms with E-state index >= 15 is 0 Å². The van der Waals surface area contributed by atoms with Crippen molar-refractivity contribution >= 4 is 22.5 Å². The van der Waals surface area contributed by atoms with Gasteiger partial charge in [0.25, 0.3) is 11.5 Å². The fraction of sp³-hybridized carbons (Fsp3) is 0.400. The summed E-state index contributed by atoms with van der Waals surface area (Å²) in [5.41, 5.74) is 4.14. The van der Waals surface area contributed by atoms with Crippen LogP contribution in [0.4, 0.5) is 5.69 Å². The van der Waals surface area contributed by atoms with Crippen molar-refractivity contribution in [1.82, 2.24) is 9.55 Å². The van der Waals surface area contributed by atoms with Crippen LogP contribution in [0.1, 0.15) is 72.8 Å². The van der Waals surface area contributed by atoms with E-state index < -0.39 is 0 Å². The van der Waals surface area contributed by atoms with E-state index in [9.17, 15) is 9.59 Å². The molecular formula is C25H29N3O2. The number of nitrogens with zero attached hydrogens (tertiary/aromatic N) is 2. The molecule has 1 aliphatic rings. The molecule has 0 unspecified atom stereocenters. The van der Waals surface area contributed by atoms with E-state index in [2.05, 4.69) is 19.2 Å². The van der Waals surface area contributed by atoms with Crippen LogP contribution >= 0.6 is 0 Å². The molecule has 0 bridgehead atoms. The highest BCUT2D eigenvalue weighted by Crippen LogP contribution is 2.28. The highest BCUT2D eigenvalue weighted by atomic mass is 16.1. The minimum absolute atomic E-state index is 0.00450. The normalized spacial score (nSPS) is 14.3. The molecule has 0 saturated carbocycles. The second kappa shape index (κ2) is 8.42. The molecule has 1 amide bonds. The third-order valence-electron chi connectivity index (χ3n) is 5.99. The number of aromatic nitrogens is 2. The van der Waals surface area contributed by atoms with E-state index in [0.717, 1.165) is 54.9 Å². The van der Waals surface area contributed by atoms with Crippen LogP contribution in [0.2, 0.25) is 0 Å². The summed E-state index contributed by atoms with van der Waals surface area (Å²) < 4.78 is 1.82. The van der Waals surface area contributed by atoms with Gasteiger partial charge in [-0.25, -0.2) is 4.98 Å². The second-order valence-corrected chi connectivity index (χ2v) is 8.53. The quantitative estimate of drug-likeness (QED) is 0.654. The molecule has 0 aliphatic carbocycles. The summed E-state index contributed by atoms with van der Waals surface area (Å²) in [5, 5.41) is 3.66. The Labute approximate surface area is 177 Å². The topological polar surface area (TPSA) is 64.0 Å². The summed E-state index contributed by atoms with van der Waals surface area (Å²) in [6.07, 6.45) is 5.19. The van der Waals surface area contributed by atoms with E-state index in [4.69, 9.17) is 4.98 Å². The molecular weight excluding hydrogens is 374 g/mol. The summed E-state index contributed by atoms with van der Waals surface area (Å²) in [7, 11) is 0. The first-order valence-electron chi connectivity index (χ1n) is 10.9. The number of rotatable bonds is 3. The molecule has 5 heteroatoms. The first kappa shape index (κ1) is 20.3. The number of hydrogen-bond donors (Lipinski definition) is 1. The predicted octanol–water partition coefficient (Wildman–Crippen LogP) is 5.20. The lowest BCUT2D eigenvalue weighted by atomic mass is 9.98. The third kappa shape index (κ3) is 3.89. The van der Waals surface area contributed by atoms with Crippen molar-refractivity contribution in [2.45, 2.75) is 65.3 Å². The maximum atomic E-state index is 13.0. The van der Waals surface area contributed by atoms with Crippen LogP contribution in [-0.2, 0) is 13.0 Å². The van der Waals surface area contributed by atoms with Crippen LogP contribution in [0.5, 0.6) is 0 Å². The number of para-hydroxylation sites is 1. The van der Waals surface area contributed by atoms with Crippen LogP contribution in [0.3, 0.4) is 0 Å². The fourth-order valence-corrected chi connectivity index (χ4v) is 4.26. The lowest BCUT2D eigenvalue weighted by molar-refractivity contribution is 0.102. The van der Waals surface area contributed by atoms with E-state index in [1.165, 1.54) is 6.42 Å². The zero-order valence-corrected chi connectivity index (χ0v) is 18.0. The molecule has 2 aromatic carbocycles. The second-order valence-electron chi connectivity index (χ2n) is 8.53. The minimum Gasteiger partial charge on any atom is -0.321 e. The van der Waals surface area contributed by atoms with Crippen molar-refractivity contribution in [3.8, 4) is 0 Å². The van der Waals surface area contributed by atoms with E-state index in [1.54, 1.807) is 18.2 Å². The first-order chi connectivity index (χ1) is 14.5. The van der Waals surface area contributed by atoms with Crippen molar-refractivity contribution in [1.29, 1.82) is 0 Å². The number of nitrogens with one attached hydrogen (secondary N) is 1. The van der Waals surface area contributed by atoms with Gasteiger partial charge >= 0.3 is 0 Å². The number of carbonyl (C=O) groups excluding carboxylic acids is 1. The molecule has 2 heterocycles. The monoisotopic (exact) mass is 403 g/mol. The largest absolute Gasteiger partial charge is 0.321 e. The van der Waals surface area contributed by atoms with Gasteiger partial charge in [0, 0.05) is 24.2 Å². The van der Waals surface area contributed by atoms with Crippen molar-refractivity contribution in [3.05, 3.63) is 69.3 Å². The Kier molecular flexibility index (Phi) is 5.71. The molecule has 0 saturated heterocycles. The molecule has 0 fully saturated rings. The van der Waals surface area contributed by atoms with Gasteiger partial charge in [0.1, 0.15) is 5.82 Å². The van der Waals surface area contributed by atoms with E-state index in [0.29, 0.717) is 22.4 Å². The zero-order valence-electron chi connectivity index (χ0n) is 18.0. The lowest BCUT2D eigenvalue weighted by Crippen LogP contribution is -2.26. The van der Waals surface area contributed by atoms with Crippen LogP contribution in [0.15, 0.2) is 41.2 Å². The van der Waals surface area contributed by atoms with Gasteiger partial charge in [-0.1, -0.05) is 44.9 Å². The molecule has 0 atom stereocenters. The maximum absolute atomic E-state index is 13.0. The summed E-state index contributed by atoms with van der Waals surface area (Å²) in [4.78, 5) is 30.8. The fourth-order valence-electron chi connectivity index (χ4n) is 4.26. The van der Waals surface area contributed by atoms with Crippen LogP contribution in [0.25, 0.3) is 10.9 Å². The molecule has 5 nitrogen and oxygen atoms in total. The molecule has 30 heavy (non-hydrogen) atoms. The minimum atomic E-state index is -0.179. The number of carbonyl (C=O) groups is 1. The Balaban J connectivity index is 1.71. The summed E-state index contributed by atoms with van der Waals surface area (Å²) in [6, 6.07) is 11.3. The summed E-state index contributed by atoms with van der Waals surface area (Å²) >= 11 is 0. The summed E-state index contributed by atoms with van der Waals surface area (Å²) in [6.45, 7) is 6.96. The average Bonchev–Trinajstić information content (AvgIpc) is 2.70. The van der Waals surface area contributed by atoms with Crippen molar-refractivity contribution in [3.63, 3.8) is 0 Å². The number of benzene rings is 2. The lowest BCUT2D eigenvalue weighted by Gasteiger charge is -2.17. The molecule has 1 N–H and O–H groups in total. The SMILES string of the molecule is Cc1cccc(C(C)C)c1NC(=O)c1ccc2c(=O)n3c(nc2c1)CCCCCC3. The maximum Gasteiger partial charge on any atom is 0.261 e. The van der Waals surface area contributed by atoms with Crippen molar-refractivity contribution in [2.75, 3.05) is 5.32 Å². The van der Waals surface area contributed by atoms with Crippen LogP contribution in [0, 0.1) is 6.92 Å². The van der Waals surface area contributed by atoms with Gasteiger partial charge in [-0.05, 0) is 55.0 Å². The van der Waals surface area contributed by atoms with Gasteiger partial charge in [0.05, 0.1) is 10.9 Å². The number of anilines is 1. The highest BCUT2D eigenvalue weighted by molar-refractivity contribution is 6.06. The predicted molar refractivity (Wildman–Crippen MR) is 121 cm³/mol. The number of aryl methyl sites for hydroxylation is 2. The van der Waals surface area contributed by atoms with Gasteiger partial charge in [0.2, 0.25) is 0 Å². The third-order valence-corrected chi connectivity index (χ3v) is 5.99. The molecule has 0 radical (unpaired) electrons. The van der Waals surface area contributed by atoms with E-state index in [-0.39, 0.29) is 11.5 Å². The Hall–Kier alpha value is -2.95. The molecule has 156 valence electrons. The highest BCUT2D eigenvalue weighted by Gasteiger charge is 2.17. The zero-order chi connectivity index (χ0) is 21.3. The van der Waals surface area contributed by atoms with Crippen molar-refractivity contribution < 1.29 is 4.79 Å². The standard InChI is InChI=1S/C25H29N3O2/c1-16(2)19-10-8-9-17(3)23(19)27-24(29)18-12-13-20-21(15-18)26-22-11-6-4-5-7-14-28(22)25(20)30/h8-10,12-13,15-16H,4-7,11,14H2,1-3H3,(H,27,29). The van der Waals surface area contributed by atoms with E-state index in [1.807, 2.05) is 29.7 Å². The number of amides is 1. The Morgan fingerprint density at radius 1 is 1.10 bits per heavy atom. The molecule has 1 aromatic heterocycles. The first-order valence-corrected chi connectivity index (χ1v) is 10.9. The molecule has 1 aliphatic heterocycles. The number of hydrogen-bond acceptors (Lipinski definition) is 3. The van der Waals surface area contributed by atoms with Crippen molar-refractivity contribution in [2.24, 2.45) is 0 Å². The Morgan fingerprint density at radius 2 is 1.90 bits per heavy atom.